The van der Waals surface area contributed by atoms with Crippen LogP contribution in [0, 0.1) is 12.7 Å². The maximum Gasteiger partial charge on any atom is 0.293 e. The largest absolute Gasteiger partial charge is 0.493 e. The van der Waals surface area contributed by atoms with Crippen LogP contribution in [0.15, 0.2) is 70.0 Å². The summed E-state index contributed by atoms with van der Waals surface area (Å²) < 4.78 is 30.8. The van der Waals surface area contributed by atoms with E-state index < -0.39 is 0 Å². The number of carbonyl (C=O) groups is 2. The lowest BCUT2D eigenvalue weighted by Crippen LogP contribution is -2.32. The van der Waals surface area contributed by atoms with Crippen LogP contribution < -0.4 is 14.2 Å². The molecule has 6 nitrogen and oxygen atoms in total. The van der Waals surface area contributed by atoms with Crippen LogP contribution in [-0.2, 0) is 11.4 Å². The minimum atomic E-state index is -0.375. The molecule has 0 N–H and O–H groups in total. The molecule has 0 atom stereocenters. The van der Waals surface area contributed by atoms with Crippen LogP contribution >= 0.6 is 27.7 Å². The summed E-state index contributed by atoms with van der Waals surface area (Å²) in [7, 11) is 1.51. The third-order valence-corrected chi connectivity index (χ3v) is 6.95. The van der Waals surface area contributed by atoms with E-state index in [9.17, 15) is 14.0 Å². The second-order valence-electron chi connectivity index (χ2n) is 7.93. The van der Waals surface area contributed by atoms with Gasteiger partial charge in [-0.1, -0.05) is 45.8 Å². The first-order chi connectivity index (χ1) is 17.3. The number of halogens is 2. The molecule has 3 aromatic rings. The second-order valence-corrected chi connectivity index (χ2v) is 9.78. The van der Waals surface area contributed by atoms with Crippen molar-refractivity contribution in [1.29, 1.82) is 0 Å². The molecule has 0 bridgehead atoms. The van der Waals surface area contributed by atoms with Gasteiger partial charge in [0.15, 0.2) is 11.5 Å². The van der Waals surface area contributed by atoms with Crippen molar-refractivity contribution in [3.63, 3.8) is 0 Å². The molecule has 2 amide bonds. The topological polar surface area (TPSA) is 65.1 Å². The van der Waals surface area contributed by atoms with Crippen molar-refractivity contribution in [1.82, 2.24) is 4.90 Å². The molecule has 1 aliphatic heterocycles. The summed E-state index contributed by atoms with van der Waals surface area (Å²) >= 11 is 4.39. The van der Waals surface area contributed by atoms with Crippen LogP contribution in [0.25, 0.3) is 6.08 Å². The van der Waals surface area contributed by atoms with E-state index in [1.165, 1.54) is 24.1 Å². The number of carbonyl (C=O) groups excluding carboxylic acids is 2. The van der Waals surface area contributed by atoms with Gasteiger partial charge in [0.1, 0.15) is 24.8 Å². The Morgan fingerprint density at radius 1 is 1.00 bits per heavy atom. The highest BCUT2D eigenvalue weighted by Gasteiger charge is 2.35. The zero-order chi connectivity index (χ0) is 25.7. The quantitative estimate of drug-likeness (QED) is 0.269. The van der Waals surface area contributed by atoms with Gasteiger partial charge in [-0.3, -0.25) is 14.5 Å². The molecule has 9 heteroatoms. The Morgan fingerprint density at radius 2 is 1.72 bits per heavy atom. The maximum absolute atomic E-state index is 13.1. The molecular weight excluding hydrogens is 549 g/mol. The highest BCUT2D eigenvalue weighted by molar-refractivity contribution is 9.10. The molecule has 1 fully saturated rings. The Balaban J connectivity index is 1.43. The van der Waals surface area contributed by atoms with Crippen LogP contribution in [0.2, 0.25) is 0 Å². The molecule has 1 aliphatic rings. The Labute approximate surface area is 221 Å². The number of benzene rings is 3. The molecule has 36 heavy (non-hydrogen) atoms. The lowest BCUT2D eigenvalue weighted by Gasteiger charge is -2.14. The number of imide groups is 1. The highest BCUT2D eigenvalue weighted by Crippen LogP contribution is 2.38. The number of hydrogen-bond donors (Lipinski definition) is 0. The van der Waals surface area contributed by atoms with Crippen LogP contribution in [0.4, 0.5) is 9.18 Å². The number of hydrogen-bond acceptors (Lipinski definition) is 6. The van der Waals surface area contributed by atoms with Crippen molar-refractivity contribution >= 4 is 44.9 Å². The Kier molecular flexibility index (Phi) is 8.32. The Hall–Kier alpha value is -3.30. The van der Waals surface area contributed by atoms with Gasteiger partial charge in [-0.05, 0) is 72.3 Å². The number of rotatable bonds is 9. The number of amides is 2. The first kappa shape index (κ1) is 25.8. The first-order valence-electron chi connectivity index (χ1n) is 11.0. The minimum Gasteiger partial charge on any atom is -0.493 e. The van der Waals surface area contributed by atoms with Gasteiger partial charge in [0.25, 0.3) is 11.1 Å². The summed E-state index contributed by atoms with van der Waals surface area (Å²) in [5.41, 5.74) is 2.58. The van der Waals surface area contributed by atoms with Crippen molar-refractivity contribution in [3.8, 4) is 17.2 Å². The SMILES string of the molecule is COc1cc(/C=C2\SC(=O)N(CCOc3ccc(C)cc3)C2=O)c(Br)cc1OCc1ccc(F)cc1. The van der Waals surface area contributed by atoms with E-state index in [1.54, 1.807) is 30.3 Å². The zero-order valence-electron chi connectivity index (χ0n) is 19.6. The van der Waals surface area contributed by atoms with Gasteiger partial charge in [0.2, 0.25) is 0 Å². The fourth-order valence-corrected chi connectivity index (χ4v) is 4.69. The predicted molar refractivity (Wildman–Crippen MR) is 141 cm³/mol. The smallest absolute Gasteiger partial charge is 0.293 e. The number of nitrogens with zero attached hydrogens (tertiary/aromatic N) is 1. The summed E-state index contributed by atoms with van der Waals surface area (Å²) in [6.07, 6.45) is 1.64. The summed E-state index contributed by atoms with van der Waals surface area (Å²) in [5.74, 6) is 0.928. The van der Waals surface area contributed by atoms with Crippen LogP contribution in [0.3, 0.4) is 0 Å². The minimum absolute atomic E-state index is 0.149. The molecule has 0 spiro atoms. The molecule has 1 heterocycles. The van der Waals surface area contributed by atoms with E-state index in [1.807, 2.05) is 31.2 Å². The standard InChI is InChI=1S/C27H23BrFNO5S/c1-17-3-9-21(10-4-17)34-12-11-30-26(31)25(36-27(30)32)14-19-13-23(33-2)24(15-22(19)28)35-16-18-5-7-20(29)8-6-18/h3-10,13-15H,11-12,16H2,1-2H3/b25-14-. The van der Waals surface area contributed by atoms with Gasteiger partial charge in [0.05, 0.1) is 18.6 Å². The molecule has 0 saturated carbocycles. The Bertz CT molecular complexity index is 1290. The molecule has 4 rings (SSSR count). The first-order valence-corrected chi connectivity index (χ1v) is 12.6. The van der Waals surface area contributed by atoms with Crippen molar-refractivity contribution in [2.45, 2.75) is 13.5 Å². The van der Waals surface area contributed by atoms with E-state index in [2.05, 4.69) is 15.9 Å². The van der Waals surface area contributed by atoms with Gasteiger partial charge in [-0.15, -0.1) is 0 Å². The van der Waals surface area contributed by atoms with Crippen molar-refractivity contribution in [2.24, 2.45) is 0 Å². The van der Waals surface area contributed by atoms with Crippen LogP contribution in [0.5, 0.6) is 17.2 Å². The summed E-state index contributed by atoms with van der Waals surface area (Å²) in [5, 5.41) is -0.346. The summed E-state index contributed by atoms with van der Waals surface area (Å²) in [4.78, 5) is 26.8. The average Bonchev–Trinajstić information content (AvgIpc) is 3.13. The summed E-state index contributed by atoms with van der Waals surface area (Å²) in [6, 6.07) is 17.1. The number of methoxy groups -OCH3 is 1. The van der Waals surface area contributed by atoms with Crippen molar-refractivity contribution in [3.05, 3.63) is 92.5 Å². The molecule has 186 valence electrons. The van der Waals surface area contributed by atoms with Gasteiger partial charge in [-0.2, -0.15) is 0 Å². The van der Waals surface area contributed by atoms with E-state index in [0.29, 0.717) is 32.2 Å². The molecule has 1 saturated heterocycles. The number of aryl methyl sites for hydroxylation is 1. The third kappa shape index (κ3) is 6.27. The molecule has 0 unspecified atom stereocenters. The molecule has 0 radical (unpaired) electrons. The van der Waals surface area contributed by atoms with Gasteiger partial charge in [-0.25, -0.2) is 4.39 Å². The summed E-state index contributed by atoms with van der Waals surface area (Å²) in [6.45, 7) is 2.56. The van der Waals surface area contributed by atoms with Gasteiger partial charge < -0.3 is 14.2 Å². The molecule has 0 aromatic heterocycles. The monoisotopic (exact) mass is 571 g/mol. The average molecular weight is 572 g/mol. The maximum atomic E-state index is 13.1. The lowest BCUT2D eigenvalue weighted by molar-refractivity contribution is -0.123. The van der Waals surface area contributed by atoms with E-state index in [-0.39, 0.29) is 36.7 Å². The molecule has 3 aromatic carbocycles. The lowest BCUT2D eigenvalue weighted by atomic mass is 10.1. The van der Waals surface area contributed by atoms with Crippen molar-refractivity contribution in [2.75, 3.05) is 20.3 Å². The van der Waals surface area contributed by atoms with Crippen molar-refractivity contribution < 1.29 is 28.2 Å². The van der Waals surface area contributed by atoms with Gasteiger partial charge in [0, 0.05) is 4.47 Å². The predicted octanol–water partition coefficient (Wildman–Crippen LogP) is 6.60. The van der Waals surface area contributed by atoms with Crippen LogP contribution in [-0.4, -0.2) is 36.3 Å². The highest BCUT2D eigenvalue weighted by atomic mass is 79.9. The molecular formula is C27H23BrFNO5S. The van der Waals surface area contributed by atoms with E-state index in [0.717, 1.165) is 22.9 Å². The van der Waals surface area contributed by atoms with Crippen LogP contribution in [0.1, 0.15) is 16.7 Å². The normalized spacial score (nSPS) is 14.4. The molecule has 0 aliphatic carbocycles. The third-order valence-electron chi connectivity index (χ3n) is 5.36. The number of ether oxygens (including phenoxy) is 3. The fourth-order valence-electron chi connectivity index (χ4n) is 3.40. The second kappa shape index (κ2) is 11.6. The zero-order valence-corrected chi connectivity index (χ0v) is 22.0. The van der Waals surface area contributed by atoms with Gasteiger partial charge >= 0.3 is 0 Å². The fraction of sp³-hybridized carbons (Fsp3) is 0.185. The van der Waals surface area contributed by atoms with E-state index >= 15 is 0 Å². The van der Waals surface area contributed by atoms with E-state index in [4.69, 9.17) is 14.2 Å². The Morgan fingerprint density at radius 3 is 2.42 bits per heavy atom. The number of thioether (sulfide) groups is 1.